The summed E-state index contributed by atoms with van der Waals surface area (Å²) in [5.41, 5.74) is 2.42. The third-order valence-corrected chi connectivity index (χ3v) is 1.57. The third kappa shape index (κ3) is 1.21. The SMILES string of the molecule is FC(F)(F)N1C=CC=C2NN=CN21. The highest BCUT2D eigenvalue weighted by molar-refractivity contribution is 5.60. The van der Waals surface area contributed by atoms with Crippen LogP contribution in [0.4, 0.5) is 13.2 Å². The molecular weight excluding hydrogens is 185 g/mol. The van der Waals surface area contributed by atoms with Gasteiger partial charge < -0.3 is 0 Å². The van der Waals surface area contributed by atoms with E-state index >= 15 is 0 Å². The number of fused-ring (bicyclic) bond motifs is 1. The van der Waals surface area contributed by atoms with E-state index in [1.807, 2.05) is 0 Å². The Morgan fingerprint density at radius 2 is 2.15 bits per heavy atom. The highest BCUT2D eigenvalue weighted by Gasteiger charge is 2.41. The van der Waals surface area contributed by atoms with Crippen molar-refractivity contribution in [2.75, 3.05) is 0 Å². The Balaban J connectivity index is 2.28. The second kappa shape index (κ2) is 2.41. The summed E-state index contributed by atoms with van der Waals surface area (Å²) in [6.07, 6.45) is 0.329. The molecule has 0 amide bonds. The summed E-state index contributed by atoms with van der Waals surface area (Å²) in [4.78, 5) is 0. The van der Waals surface area contributed by atoms with Gasteiger partial charge in [0.1, 0.15) is 12.2 Å². The number of nitrogens with zero attached hydrogens (tertiary/aromatic N) is 3. The Morgan fingerprint density at radius 1 is 1.38 bits per heavy atom. The van der Waals surface area contributed by atoms with E-state index < -0.39 is 6.30 Å². The van der Waals surface area contributed by atoms with Crippen LogP contribution in [0, 0.1) is 0 Å². The van der Waals surface area contributed by atoms with Crippen LogP contribution in [0.5, 0.6) is 0 Å². The van der Waals surface area contributed by atoms with Crippen LogP contribution in [0.2, 0.25) is 0 Å². The Morgan fingerprint density at radius 3 is 2.85 bits per heavy atom. The molecule has 4 nitrogen and oxygen atoms in total. The first kappa shape index (κ1) is 7.96. The van der Waals surface area contributed by atoms with Crippen molar-refractivity contribution in [3.8, 4) is 0 Å². The number of halogens is 3. The van der Waals surface area contributed by atoms with Gasteiger partial charge in [-0.15, -0.1) is 13.2 Å². The molecule has 0 bridgehead atoms. The molecule has 0 fully saturated rings. The minimum absolute atomic E-state index is 0.131. The molecule has 0 spiro atoms. The van der Waals surface area contributed by atoms with E-state index in [1.165, 1.54) is 12.2 Å². The summed E-state index contributed by atoms with van der Waals surface area (Å²) in [7, 11) is 0. The monoisotopic (exact) mass is 190 g/mol. The second-order valence-corrected chi connectivity index (χ2v) is 2.41. The lowest BCUT2D eigenvalue weighted by Crippen LogP contribution is -2.46. The predicted molar refractivity (Wildman–Crippen MR) is 38.6 cm³/mol. The van der Waals surface area contributed by atoms with Gasteiger partial charge in [-0.25, -0.2) is 5.01 Å². The first-order chi connectivity index (χ1) is 6.09. The predicted octanol–water partition coefficient (Wildman–Crippen LogP) is 0.940. The fourth-order valence-corrected chi connectivity index (χ4v) is 1.04. The second-order valence-electron chi connectivity index (χ2n) is 2.41. The zero-order valence-electron chi connectivity index (χ0n) is 6.28. The summed E-state index contributed by atoms with van der Waals surface area (Å²) >= 11 is 0. The van der Waals surface area contributed by atoms with E-state index in [0.29, 0.717) is 0 Å². The number of nitrogens with one attached hydrogen (secondary N) is 1. The molecule has 1 N–H and O–H groups in total. The van der Waals surface area contributed by atoms with Crippen molar-refractivity contribution in [2.45, 2.75) is 6.30 Å². The zero-order chi connectivity index (χ0) is 9.47. The molecule has 13 heavy (non-hydrogen) atoms. The quantitative estimate of drug-likeness (QED) is 0.577. The summed E-state index contributed by atoms with van der Waals surface area (Å²) in [5.74, 6) is 0.278. The number of hydrogen-bond acceptors (Lipinski definition) is 4. The van der Waals surface area contributed by atoms with E-state index in [4.69, 9.17) is 0 Å². The van der Waals surface area contributed by atoms with Gasteiger partial charge in [-0.05, 0) is 12.2 Å². The molecule has 70 valence electrons. The van der Waals surface area contributed by atoms with Crippen LogP contribution in [0.25, 0.3) is 0 Å². The molecule has 0 saturated heterocycles. The fraction of sp³-hybridized carbons (Fsp3) is 0.167. The lowest BCUT2D eigenvalue weighted by molar-refractivity contribution is -0.269. The summed E-state index contributed by atoms with van der Waals surface area (Å²) in [6.45, 7) is 0. The van der Waals surface area contributed by atoms with E-state index in [-0.39, 0.29) is 10.8 Å². The van der Waals surface area contributed by atoms with Gasteiger partial charge in [-0.3, -0.25) is 5.43 Å². The molecule has 2 aliphatic rings. The number of hydrazone groups is 1. The topological polar surface area (TPSA) is 30.9 Å². The number of allylic oxidation sites excluding steroid dienone is 2. The minimum atomic E-state index is -4.44. The molecule has 2 rings (SSSR count). The van der Waals surface area contributed by atoms with Crippen molar-refractivity contribution in [1.82, 2.24) is 15.4 Å². The highest BCUT2D eigenvalue weighted by Crippen LogP contribution is 2.27. The molecule has 2 heterocycles. The fourth-order valence-electron chi connectivity index (χ4n) is 1.04. The first-order valence-electron chi connectivity index (χ1n) is 3.42. The Hall–Kier alpha value is -1.66. The maximum atomic E-state index is 12.3. The maximum Gasteiger partial charge on any atom is 0.503 e. The van der Waals surface area contributed by atoms with Gasteiger partial charge in [0.25, 0.3) is 0 Å². The molecule has 0 radical (unpaired) electrons. The molecular formula is C6H5F3N4. The molecule has 7 heteroatoms. The zero-order valence-corrected chi connectivity index (χ0v) is 6.28. The summed E-state index contributed by atoms with van der Waals surface area (Å²) < 4.78 is 36.9. The smallest absolute Gasteiger partial charge is 0.260 e. The number of rotatable bonds is 0. The van der Waals surface area contributed by atoms with Crippen LogP contribution in [0.3, 0.4) is 0 Å². The standard InChI is InChI=1S/C6H5F3N4/c7-6(8,9)13-3-1-2-5-11-10-4-12(5)13/h1-4,11H. The normalized spacial score (nSPS) is 20.1. The van der Waals surface area contributed by atoms with Gasteiger partial charge in [0.05, 0.1) is 0 Å². The van der Waals surface area contributed by atoms with Crippen molar-refractivity contribution in [3.63, 3.8) is 0 Å². The number of hydrazine groups is 1. The van der Waals surface area contributed by atoms with E-state index in [0.717, 1.165) is 17.5 Å². The number of hydrogen-bond donors (Lipinski definition) is 1. The van der Waals surface area contributed by atoms with Crippen LogP contribution >= 0.6 is 0 Å². The van der Waals surface area contributed by atoms with Crippen LogP contribution in [-0.2, 0) is 0 Å². The first-order valence-corrected chi connectivity index (χ1v) is 3.42. The van der Waals surface area contributed by atoms with E-state index in [1.54, 1.807) is 0 Å². The molecule has 0 atom stereocenters. The molecule has 0 aromatic carbocycles. The van der Waals surface area contributed by atoms with Crippen molar-refractivity contribution in [1.29, 1.82) is 0 Å². The minimum Gasteiger partial charge on any atom is -0.260 e. The van der Waals surface area contributed by atoms with Gasteiger partial charge >= 0.3 is 6.30 Å². The van der Waals surface area contributed by atoms with Gasteiger partial charge in [0, 0.05) is 6.20 Å². The summed E-state index contributed by atoms with van der Waals surface area (Å²) in [5, 5.41) is 4.50. The molecule has 2 aliphatic heterocycles. The molecule has 0 saturated carbocycles. The van der Waals surface area contributed by atoms with Gasteiger partial charge in [-0.1, -0.05) is 0 Å². The van der Waals surface area contributed by atoms with Crippen molar-refractivity contribution in [3.05, 3.63) is 24.2 Å². The lowest BCUT2D eigenvalue weighted by atomic mass is 10.4. The molecule has 0 aliphatic carbocycles. The van der Waals surface area contributed by atoms with Crippen LogP contribution in [-0.4, -0.2) is 22.7 Å². The largest absolute Gasteiger partial charge is 0.503 e. The van der Waals surface area contributed by atoms with Crippen LogP contribution < -0.4 is 5.43 Å². The maximum absolute atomic E-state index is 12.3. The Labute approximate surface area is 71.6 Å². The van der Waals surface area contributed by atoms with Gasteiger partial charge in [0.2, 0.25) is 0 Å². The average Bonchev–Trinajstić information content (AvgIpc) is 2.48. The number of alkyl halides is 3. The van der Waals surface area contributed by atoms with Crippen LogP contribution in [0.15, 0.2) is 29.3 Å². The Bertz CT molecular complexity index is 303. The third-order valence-electron chi connectivity index (χ3n) is 1.57. The highest BCUT2D eigenvalue weighted by atomic mass is 19.4. The van der Waals surface area contributed by atoms with Gasteiger partial charge in [0.15, 0.2) is 0 Å². The van der Waals surface area contributed by atoms with Crippen molar-refractivity contribution < 1.29 is 13.2 Å². The van der Waals surface area contributed by atoms with E-state index in [2.05, 4.69) is 10.5 Å². The van der Waals surface area contributed by atoms with Crippen molar-refractivity contribution >= 4 is 6.34 Å². The molecule has 0 unspecified atom stereocenters. The Kier molecular flexibility index (Phi) is 1.48. The summed E-state index contributed by atoms with van der Waals surface area (Å²) in [6, 6.07) is 0. The average molecular weight is 190 g/mol. The van der Waals surface area contributed by atoms with Gasteiger partial charge in [-0.2, -0.15) is 10.1 Å². The molecule has 0 aromatic heterocycles. The van der Waals surface area contributed by atoms with E-state index in [9.17, 15) is 13.2 Å². The lowest BCUT2D eigenvalue weighted by Gasteiger charge is -2.32. The van der Waals surface area contributed by atoms with Crippen molar-refractivity contribution in [2.24, 2.45) is 5.10 Å². The van der Waals surface area contributed by atoms with Crippen LogP contribution in [0.1, 0.15) is 0 Å². The molecule has 0 aromatic rings.